The maximum atomic E-state index is 12.5. The van der Waals surface area contributed by atoms with Gasteiger partial charge in [-0.2, -0.15) is 0 Å². The Balaban J connectivity index is 1.82. The zero-order chi connectivity index (χ0) is 16.4. The standard InChI is InChI=1S/C18H21N3O2/c1-3-21-9-7-14(11-16(21)22)18(23)20-17(13-4-5-13)15-10-12(2)6-8-19-15/h6-11,13,17H,3-5H2,1-2H3,(H,20,23)/t17-/m0/s1. The van der Waals surface area contributed by atoms with Crippen LogP contribution in [0.1, 0.15) is 47.4 Å². The third kappa shape index (κ3) is 3.50. The van der Waals surface area contributed by atoms with Gasteiger partial charge in [-0.15, -0.1) is 0 Å². The molecule has 5 nitrogen and oxygen atoms in total. The maximum absolute atomic E-state index is 12.5. The Kier molecular flexibility index (Phi) is 4.28. The monoisotopic (exact) mass is 311 g/mol. The Labute approximate surface area is 135 Å². The fourth-order valence-corrected chi connectivity index (χ4v) is 2.73. The minimum absolute atomic E-state index is 0.0870. The molecule has 1 aliphatic carbocycles. The van der Waals surface area contributed by atoms with Gasteiger partial charge in [0.25, 0.3) is 11.5 Å². The second kappa shape index (κ2) is 6.36. The summed E-state index contributed by atoms with van der Waals surface area (Å²) in [5.74, 6) is 0.217. The number of aromatic nitrogens is 2. The molecule has 1 N–H and O–H groups in total. The van der Waals surface area contributed by atoms with Crippen molar-refractivity contribution in [2.24, 2.45) is 5.92 Å². The molecule has 1 saturated carbocycles. The predicted octanol–water partition coefficient (Wildman–Crippen LogP) is 2.45. The van der Waals surface area contributed by atoms with Gasteiger partial charge in [0.1, 0.15) is 0 Å². The lowest BCUT2D eigenvalue weighted by atomic mass is 10.1. The summed E-state index contributed by atoms with van der Waals surface area (Å²) in [6, 6.07) is 6.95. The Bertz CT molecular complexity index is 778. The molecular weight excluding hydrogens is 290 g/mol. The highest BCUT2D eigenvalue weighted by atomic mass is 16.2. The van der Waals surface area contributed by atoms with Crippen LogP contribution in [0.2, 0.25) is 0 Å². The molecule has 0 spiro atoms. The van der Waals surface area contributed by atoms with Gasteiger partial charge < -0.3 is 9.88 Å². The molecule has 3 rings (SSSR count). The van der Waals surface area contributed by atoms with Crippen molar-refractivity contribution in [1.82, 2.24) is 14.9 Å². The summed E-state index contributed by atoms with van der Waals surface area (Å²) < 4.78 is 1.57. The summed E-state index contributed by atoms with van der Waals surface area (Å²) in [6.07, 6.45) is 5.62. The summed E-state index contributed by atoms with van der Waals surface area (Å²) in [7, 11) is 0. The largest absolute Gasteiger partial charge is 0.343 e. The summed E-state index contributed by atoms with van der Waals surface area (Å²) in [4.78, 5) is 28.8. The molecule has 0 aromatic carbocycles. The lowest BCUT2D eigenvalue weighted by molar-refractivity contribution is 0.0930. The number of rotatable bonds is 5. The van der Waals surface area contributed by atoms with E-state index in [-0.39, 0.29) is 17.5 Å². The van der Waals surface area contributed by atoms with Crippen molar-refractivity contribution >= 4 is 5.91 Å². The van der Waals surface area contributed by atoms with Crippen LogP contribution in [0.4, 0.5) is 0 Å². The summed E-state index contributed by atoms with van der Waals surface area (Å²) >= 11 is 0. The van der Waals surface area contributed by atoms with Crippen LogP contribution < -0.4 is 10.9 Å². The van der Waals surface area contributed by atoms with E-state index >= 15 is 0 Å². The summed E-state index contributed by atoms with van der Waals surface area (Å²) in [5.41, 5.74) is 2.26. The Morgan fingerprint density at radius 1 is 1.39 bits per heavy atom. The number of hydrogen-bond donors (Lipinski definition) is 1. The maximum Gasteiger partial charge on any atom is 0.252 e. The molecule has 0 saturated heterocycles. The van der Waals surface area contributed by atoms with Gasteiger partial charge in [-0.3, -0.25) is 14.6 Å². The zero-order valence-electron chi connectivity index (χ0n) is 13.5. The van der Waals surface area contributed by atoms with Gasteiger partial charge in [0.15, 0.2) is 0 Å². The molecule has 0 bridgehead atoms. The van der Waals surface area contributed by atoms with E-state index < -0.39 is 0 Å². The number of carbonyl (C=O) groups is 1. The van der Waals surface area contributed by atoms with E-state index in [4.69, 9.17) is 0 Å². The number of aryl methyl sites for hydroxylation is 2. The Hall–Kier alpha value is -2.43. The molecule has 1 fully saturated rings. The van der Waals surface area contributed by atoms with Crippen molar-refractivity contribution in [2.45, 2.75) is 39.3 Å². The van der Waals surface area contributed by atoms with Crippen molar-refractivity contribution in [3.05, 3.63) is 63.8 Å². The van der Waals surface area contributed by atoms with E-state index in [0.717, 1.165) is 24.1 Å². The van der Waals surface area contributed by atoms with Crippen molar-refractivity contribution in [1.29, 1.82) is 0 Å². The molecular formula is C18H21N3O2. The Morgan fingerprint density at radius 3 is 2.78 bits per heavy atom. The fourth-order valence-electron chi connectivity index (χ4n) is 2.73. The molecule has 2 aromatic heterocycles. The number of nitrogens with one attached hydrogen (secondary N) is 1. The molecule has 23 heavy (non-hydrogen) atoms. The minimum Gasteiger partial charge on any atom is -0.343 e. The van der Waals surface area contributed by atoms with Crippen LogP contribution in [0.5, 0.6) is 0 Å². The highest BCUT2D eigenvalue weighted by Gasteiger charge is 2.34. The second-order valence-electron chi connectivity index (χ2n) is 6.09. The molecule has 2 heterocycles. The van der Waals surface area contributed by atoms with Gasteiger partial charge in [-0.05, 0) is 56.4 Å². The van der Waals surface area contributed by atoms with E-state index in [1.54, 1.807) is 23.0 Å². The molecule has 0 radical (unpaired) electrons. The smallest absolute Gasteiger partial charge is 0.252 e. The SMILES string of the molecule is CCn1ccc(C(=O)N[C@H](c2cc(C)ccn2)C2CC2)cc1=O. The van der Waals surface area contributed by atoms with Crippen molar-refractivity contribution in [3.8, 4) is 0 Å². The lowest BCUT2D eigenvalue weighted by Crippen LogP contribution is -2.32. The third-order valence-electron chi connectivity index (χ3n) is 4.23. The normalized spacial score (nSPS) is 15.2. The quantitative estimate of drug-likeness (QED) is 0.922. The number of pyridine rings is 2. The minimum atomic E-state index is -0.217. The van der Waals surface area contributed by atoms with Crippen LogP contribution in [-0.4, -0.2) is 15.5 Å². The van der Waals surface area contributed by atoms with Crippen molar-refractivity contribution < 1.29 is 4.79 Å². The number of carbonyl (C=O) groups excluding carboxylic acids is 1. The number of amides is 1. The van der Waals surface area contributed by atoms with Gasteiger partial charge in [0.2, 0.25) is 0 Å². The van der Waals surface area contributed by atoms with Crippen LogP contribution in [-0.2, 0) is 6.54 Å². The average Bonchev–Trinajstić information content (AvgIpc) is 3.37. The van der Waals surface area contributed by atoms with E-state index in [2.05, 4.69) is 10.3 Å². The van der Waals surface area contributed by atoms with E-state index in [0.29, 0.717) is 18.0 Å². The number of hydrogen-bond acceptors (Lipinski definition) is 3. The van der Waals surface area contributed by atoms with E-state index in [1.165, 1.54) is 6.07 Å². The zero-order valence-corrected chi connectivity index (χ0v) is 13.5. The molecule has 1 aliphatic rings. The lowest BCUT2D eigenvalue weighted by Gasteiger charge is -2.18. The summed E-state index contributed by atoms with van der Waals surface area (Å²) in [6.45, 7) is 4.51. The van der Waals surface area contributed by atoms with E-state index in [9.17, 15) is 9.59 Å². The van der Waals surface area contributed by atoms with Crippen LogP contribution in [0, 0.1) is 12.8 Å². The second-order valence-corrected chi connectivity index (χ2v) is 6.09. The van der Waals surface area contributed by atoms with Gasteiger partial charge in [0, 0.05) is 30.6 Å². The van der Waals surface area contributed by atoms with Gasteiger partial charge in [0.05, 0.1) is 11.7 Å². The predicted molar refractivity (Wildman–Crippen MR) is 88.3 cm³/mol. The number of nitrogens with zero attached hydrogens (tertiary/aromatic N) is 2. The summed E-state index contributed by atoms with van der Waals surface area (Å²) in [5, 5.41) is 3.05. The highest BCUT2D eigenvalue weighted by molar-refractivity contribution is 5.94. The van der Waals surface area contributed by atoms with Crippen molar-refractivity contribution in [3.63, 3.8) is 0 Å². The average molecular weight is 311 g/mol. The van der Waals surface area contributed by atoms with Crippen molar-refractivity contribution in [2.75, 3.05) is 0 Å². The first kappa shape index (κ1) is 15.5. The molecule has 120 valence electrons. The van der Waals surface area contributed by atoms with Crippen LogP contribution in [0.25, 0.3) is 0 Å². The van der Waals surface area contributed by atoms with Gasteiger partial charge in [-0.25, -0.2) is 0 Å². The highest BCUT2D eigenvalue weighted by Crippen LogP contribution is 2.40. The molecule has 0 unspecified atom stereocenters. The van der Waals surface area contributed by atoms with Crippen LogP contribution in [0.15, 0.2) is 41.5 Å². The Morgan fingerprint density at radius 2 is 2.17 bits per heavy atom. The molecule has 0 aliphatic heterocycles. The molecule has 1 atom stereocenters. The first-order valence-corrected chi connectivity index (χ1v) is 8.02. The van der Waals surface area contributed by atoms with Gasteiger partial charge in [-0.1, -0.05) is 0 Å². The van der Waals surface area contributed by atoms with E-state index in [1.807, 2.05) is 26.0 Å². The fraction of sp³-hybridized carbons (Fsp3) is 0.389. The van der Waals surface area contributed by atoms with Crippen LogP contribution >= 0.6 is 0 Å². The van der Waals surface area contributed by atoms with Crippen LogP contribution in [0.3, 0.4) is 0 Å². The molecule has 2 aromatic rings. The molecule has 1 amide bonds. The first-order chi connectivity index (χ1) is 11.1. The van der Waals surface area contributed by atoms with Gasteiger partial charge >= 0.3 is 0 Å². The third-order valence-corrected chi connectivity index (χ3v) is 4.23. The first-order valence-electron chi connectivity index (χ1n) is 8.02. The molecule has 5 heteroatoms. The topological polar surface area (TPSA) is 64.0 Å².